The molecule has 1 aromatic heterocycles. The zero-order valence-corrected chi connectivity index (χ0v) is 14.2. The van der Waals surface area contributed by atoms with Crippen LogP contribution in [0.3, 0.4) is 0 Å². The number of halogens is 1. The fourth-order valence-electron chi connectivity index (χ4n) is 1.67. The quantitative estimate of drug-likeness (QED) is 0.835. The summed E-state index contributed by atoms with van der Waals surface area (Å²) in [5.41, 5.74) is 0.460. The van der Waals surface area contributed by atoms with Gasteiger partial charge in [-0.05, 0) is 62.7 Å². The lowest BCUT2D eigenvalue weighted by atomic mass is 9.87. The highest BCUT2D eigenvalue weighted by atomic mass is 79.9. The Morgan fingerprint density at radius 3 is 2.24 bits per heavy atom. The van der Waals surface area contributed by atoms with Gasteiger partial charge in [-0.1, -0.05) is 13.8 Å². The molecular weight excluding hydrogens is 294 g/mol. The van der Waals surface area contributed by atoms with Gasteiger partial charge in [-0.15, -0.1) is 11.3 Å². The van der Waals surface area contributed by atoms with Gasteiger partial charge in [-0.3, -0.25) is 0 Å². The number of hydrogen-bond donors (Lipinski definition) is 1. The van der Waals surface area contributed by atoms with Crippen molar-refractivity contribution in [3.8, 4) is 0 Å². The predicted molar refractivity (Wildman–Crippen MR) is 82.2 cm³/mol. The molecule has 0 aliphatic rings. The first-order valence-electron chi connectivity index (χ1n) is 6.13. The van der Waals surface area contributed by atoms with Crippen molar-refractivity contribution in [3.05, 3.63) is 20.3 Å². The first kappa shape index (κ1) is 15.2. The van der Waals surface area contributed by atoms with Gasteiger partial charge in [0.25, 0.3) is 0 Å². The molecule has 0 saturated heterocycles. The molecule has 0 fully saturated rings. The second-order valence-corrected chi connectivity index (χ2v) is 8.44. The highest BCUT2D eigenvalue weighted by Gasteiger charge is 2.23. The summed E-state index contributed by atoms with van der Waals surface area (Å²) >= 11 is 5.51. The third-order valence-corrected chi connectivity index (χ3v) is 5.43. The van der Waals surface area contributed by atoms with Crippen LogP contribution in [0.15, 0.2) is 10.5 Å². The van der Waals surface area contributed by atoms with E-state index < -0.39 is 0 Å². The van der Waals surface area contributed by atoms with Gasteiger partial charge in [0, 0.05) is 25.2 Å². The molecule has 0 radical (unpaired) electrons. The molecule has 0 aliphatic carbocycles. The van der Waals surface area contributed by atoms with Gasteiger partial charge in [-0.2, -0.15) is 0 Å². The Hall–Kier alpha value is 0.140. The SMILES string of the molecule is Cc1sc(C(C)(C)CCNC(C)(C)C)cc1Br. The van der Waals surface area contributed by atoms with Gasteiger partial charge in [-0.25, -0.2) is 0 Å². The van der Waals surface area contributed by atoms with Crippen LogP contribution in [0.2, 0.25) is 0 Å². The molecule has 0 unspecified atom stereocenters. The molecule has 3 heteroatoms. The van der Waals surface area contributed by atoms with E-state index in [9.17, 15) is 0 Å². The van der Waals surface area contributed by atoms with E-state index in [4.69, 9.17) is 0 Å². The molecule has 0 bridgehead atoms. The molecule has 0 amide bonds. The molecule has 0 aromatic carbocycles. The number of rotatable bonds is 4. The molecular formula is C14H24BrNS. The summed E-state index contributed by atoms with van der Waals surface area (Å²) in [5.74, 6) is 0. The summed E-state index contributed by atoms with van der Waals surface area (Å²) in [6.07, 6.45) is 1.16. The van der Waals surface area contributed by atoms with Crippen LogP contribution in [0.1, 0.15) is 50.8 Å². The highest BCUT2D eigenvalue weighted by Crippen LogP contribution is 2.36. The first-order valence-corrected chi connectivity index (χ1v) is 7.74. The Morgan fingerprint density at radius 2 is 1.82 bits per heavy atom. The topological polar surface area (TPSA) is 12.0 Å². The first-order chi connectivity index (χ1) is 7.62. The summed E-state index contributed by atoms with van der Waals surface area (Å²) in [6, 6.07) is 2.27. The normalized spacial score (nSPS) is 13.1. The molecule has 0 aliphatic heterocycles. The van der Waals surface area contributed by atoms with E-state index in [1.165, 1.54) is 14.2 Å². The van der Waals surface area contributed by atoms with Gasteiger partial charge >= 0.3 is 0 Å². The van der Waals surface area contributed by atoms with E-state index in [1.54, 1.807) is 0 Å². The average Bonchev–Trinajstić information content (AvgIpc) is 2.45. The fraction of sp³-hybridized carbons (Fsp3) is 0.714. The van der Waals surface area contributed by atoms with Gasteiger partial charge in [0.05, 0.1) is 0 Å². The van der Waals surface area contributed by atoms with E-state index in [2.05, 4.69) is 68.9 Å². The lowest BCUT2D eigenvalue weighted by molar-refractivity contribution is 0.382. The molecule has 0 spiro atoms. The molecule has 1 aromatic rings. The Balaban J connectivity index is 2.62. The minimum atomic E-state index is 0.210. The summed E-state index contributed by atoms with van der Waals surface area (Å²) < 4.78 is 1.24. The van der Waals surface area contributed by atoms with Crippen molar-refractivity contribution in [2.75, 3.05) is 6.54 Å². The molecule has 17 heavy (non-hydrogen) atoms. The Labute approximate surface area is 118 Å². The molecule has 98 valence electrons. The number of hydrogen-bond acceptors (Lipinski definition) is 2. The van der Waals surface area contributed by atoms with Crippen molar-refractivity contribution in [1.82, 2.24) is 5.32 Å². The second-order valence-electron chi connectivity index (χ2n) is 6.33. The fourth-order valence-corrected chi connectivity index (χ4v) is 3.33. The van der Waals surface area contributed by atoms with E-state index in [-0.39, 0.29) is 11.0 Å². The van der Waals surface area contributed by atoms with Crippen LogP contribution in [-0.2, 0) is 5.41 Å². The van der Waals surface area contributed by atoms with Crippen molar-refractivity contribution < 1.29 is 0 Å². The summed E-state index contributed by atoms with van der Waals surface area (Å²) in [5, 5.41) is 3.56. The maximum Gasteiger partial charge on any atom is 0.0314 e. The molecule has 1 heterocycles. The predicted octanol–water partition coefficient (Wildman–Crippen LogP) is 4.87. The van der Waals surface area contributed by atoms with Gasteiger partial charge in [0.1, 0.15) is 0 Å². The summed E-state index contributed by atoms with van der Waals surface area (Å²) in [6.45, 7) is 14.5. The van der Waals surface area contributed by atoms with Gasteiger partial charge in [0.2, 0.25) is 0 Å². The van der Waals surface area contributed by atoms with E-state index in [1.807, 2.05) is 11.3 Å². The highest BCUT2D eigenvalue weighted by molar-refractivity contribution is 9.10. The number of nitrogens with one attached hydrogen (secondary N) is 1. The molecule has 1 N–H and O–H groups in total. The standard InChI is InChI=1S/C14H24BrNS/c1-10-11(15)9-12(17-10)14(5,6)7-8-16-13(2,3)4/h9,16H,7-8H2,1-6H3. The smallest absolute Gasteiger partial charge is 0.0314 e. The van der Waals surface area contributed by atoms with Crippen molar-refractivity contribution in [2.45, 2.75) is 58.9 Å². The molecule has 1 nitrogen and oxygen atoms in total. The maximum atomic E-state index is 3.60. The van der Waals surface area contributed by atoms with Crippen molar-refractivity contribution in [1.29, 1.82) is 0 Å². The largest absolute Gasteiger partial charge is 0.312 e. The van der Waals surface area contributed by atoms with Crippen LogP contribution in [0, 0.1) is 6.92 Å². The van der Waals surface area contributed by atoms with Crippen LogP contribution in [0.25, 0.3) is 0 Å². The van der Waals surface area contributed by atoms with Crippen LogP contribution in [0.4, 0.5) is 0 Å². The number of thiophene rings is 1. The maximum absolute atomic E-state index is 3.60. The lowest BCUT2D eigenvalue weighted by Crippen LogP contribution is -2.38. The van der Waals surface area contributed by atoms with Crippen LogP contribution in [0.5, 0.6) is 0 Å². The van der Waals surface area contributed by atoms with E-state index >= 15 is 0 Å². The Kier molecular flexibility index (Phi) is 4.84. The second kappa shape index (κ2) is 5.41. The number of aryl methyl sites for hydroxylation is 1. The third-order valence-electron chi connectivity index (χ3n) is 2.93. The van der Waals surface area contributed by atoms with Crippen LogP contribution in [-0.4, -0.2) is 12.1 Å². The van der Waals surface area contributed by atoms with E-state index in [0.717, 1.165) is 13.0 Å². The van der Waals surface area contributed by atoms with Crippen molar-refractivity contribution in [2.24, 2.45) is 0 Å². The van der Waals surface area contributed by atoms with Gasteiger partial charge in [0.15, 0.2) is 0 Å². The summed E-state index contributed by atoms with van der Waals surface area (Å²) in [7, 11) is 0. The summed E-state index contributed by atoms with van der Waals surface area (Å²) in [4.78, 5) is 2.84. The van der Waals surface area contributed by atoms with Crippen LogP contribution >= 0.6 is 27.3 Å². The lowest BCUT2D eigenvalue weighted by Gasteiger charge is -2.27. The van der Waals surface area contributed by atoms with Crippen molar-refractivity contribution >= 4 is 27.3 Å². The zero-order valence-electron chi connectivity index (χ0n) is 11.8. The van der Waals surface area contributed by atoms with Crippen LogP contribution < -0.4 is 5.32 Å². The Morgan fingerprint density at radius 1 is 1.24 bits per heavy atom. The van der Waals surface area contributed by atoms with E-state index in [0.29, 0.717) is 0 Å². The minimum Gasteiger partial charge on any atom is -0.312 e. The average molecular weight is 318 g/mol. The molecule has 0 atom stereocenters. The molecule has 0 saturated carbocycles. The molecule has 1 rings (SSSR count). The van der Waals surface area contributed by atoms with Crippen molar-refractivity contribution in [3.63, 3.8) is 0 Å². The Bertz CT molecular complexity index is 355. The monoisotopic (exact) mass is 317 g/mol. The minimum absolute atomic E-state index is 0.210. The zero-order chi connectivity index (χ0) is 13.3. The van der Waals surface area contributed by atoms with Gasteiger partial charge < -0.3 is 5.32 Å². The third kappa shape index (κ3) is 4.72.